The van der Waals surface area contributed by atoms with Gasteiger partial charge in [-0.05, 0) is 40.5 Å². The van der Waals surface area contributed by atoms with Gasteiger partial charge in [0.2, 0.25) is 0 Å². The van der Waals surface area contributed by atoms with Gasteiger partial charge in [-0.25, -0.2) is 0 Å². The zero-order valence-electron chi connectivity index (χ0n) is 11.0. The minimum Gasteiger partial charge on any atom is -0.361 e. The Hall–Kier alpha value is -0.450. The molecule has 16 heavy (non-hydrogen) atoms. The van der Waals surface area contributed by atoms with Gasteiger partial charge in [-0.2, -0.15) is 0 Å². The van der Waals surface area contributed by atoms with E-state index in [9.17, 15) is 4.79 Å². The summed E-state index contributed by atoms with van der Waals surface area (Å²) in [5.41, 5.74) is 10.1. The Morgan fingerprint density at radius 3 is 2.06 bits per heavy atom. The molecule has 0 rings (SSSR count). The fourth-order valence-electron chi connectivity index (χ4n) is 1.22. The van der Waals surface area contributed by atoms with Crippen LogP contribution in [-0.4, -0.2) is 23.7 Å². The van der Waals surface area contributed by atoms with Crippen molar-refractivity contribution in [1.29, 1.82) is 0 Å². The highest BCUT2D eigenvalue weighted by atomic mass is 16.5. The maximum absolute atomic E-state index is 11.5. The van der Waals surface area contributed by atoms with E-state index >= 15 is 0 Å². The summed E-state index contributed by atoms with van der Waals surface area (Å²) in [6, 6.07) is 0. The quantitative estimate of drug-likeness (QED) is 0.490. The lowest BCUT2D eigenvalue weighted by atomic mass is 9.96. The summed E-state index contributed by atoms with van der Waals surface area (Å²) >= 11 is 0. The summed E-state index contributed by atoms with van der Waals surface area (Å²) in [5.74, 6) is 0.118. The van der Waals surface area contributed by atoms with Crippen LogP contribution in [0, 0.1) is 0 Å². The van der Waals surface area contributed by atoms with Crippen LogP contribution in [0.25, 0.3) is 0 Å². The third-order valence-corrected chi connectivity index (χ3v) is 2.24. The fourth-order valence-corrected chi connectivity index (χ4v) is 1.22. The molecular formula is C12H26N2O2. The molecule has 0 spiro atoms. The molecule has 96 valence electrons. The number of rotatable bonds is 8. The van der Waals surface area contributed by atoms with Crippen LogP contribution in [-0.2, 0) is 9.53 Å². The van der Waals surface area contributed by atoms with Crippen molar-refractivity contribution in [3.05, 3.63) is 0 Å². The highest BCUT2D eigenvalue weighted by Crippen LogP contribution is 2.09. The molecule has 0 amide bonds. The Bertz CT molecular complexity index is 214. The van der Waals surface area contributed by atoms with Crippen LogP contribution in [0.1, 0.15) is 53.4 Å². The van der Waals surface area contributed by atoms with E-state index in [2.05, 4.69) is 0 Å². The topological polar surface area (TPSA) is 78.3 Å². The predicted octanol–water partition coefficient (Wildman–Crippen LogP) is 1.56. The van der Waals surface area contributed by atoms with Crippen LogP contribution < -0.4 is 11.5 Å². The second-order valence-electron chi connectivity index (χ2n) is 5.41. The standard InChI is InChI=1S/C12H26N2O2/c1-11(2,13)10(15)8-6-5-7-9-16-12(3,4)14/h5-9,13-14H2,1-4H3. The Morgan fingerprint density at radius 2 is 1.62 bits per heavy atom. The summed E-state index contributed by atoms with van der Waals surface area (Å²) in [6.07, 6.45) is 3.32. The summed E-state index contributed by atoms with van der Waals surface area (Å²) in [6.45, 7) is 7.79. The van der Waals surface area contributed by atoms with Gasteiger partial charge >= 0.3 is 0 Å². The van der Waals surface area contributed by atoms with Crippen molar-refractivity contribution >= 4 is 5.78 Å². The lowest BCUT2D eigenvalue weighted by molar-refractivity contribution is -0.123. The number of hydrogen-bond donors (Lipinski definition) is 2. The molecule has 0 saturated heterocycles. The smallest absolute Gasteiger partial charge is 0.152 e. The molecule has 4 heteroatoms. The van der Waals surface area contributed by atoms with Crippen molar-refractivity contribution in [3.63, 3.8) is 0 Å². The van der Waals surface area contributed by atoms with E-state index in [1.807, 2.05) is 13.8 Å². The number of ketones is 1. The Labute approximate surface area is 98.7 Å². The van der Waals surface area contributed by atoms with Crippen molar-refractivity contribution in [2.45, 2.75) is 64.6 Å². The number of ether oxygens (including phenoxy) is 1. The first-order valence-corrected chi connectivity index (χ1v) is 5.88. The van der Waals surface area contributed by atoms with Crippen molar-refractivity contribution in [3.8, 4) is 0 Å². The average Bonchev–Trinajstić information content (AvgIpc) is 2.07. The second-order valence-corrected chi connectivity index (χ2v) is 5.41. The van der Waals surface area contributed by atoms with Crippen LogP contribution in [0.4, 0.5) is 0 Å². The van der Waals surface area contributed by atoms with E-state index in [1.165, 1.54) is 0 Å². The molecule has 0 aromatic heterocycles. The van der Waals surface area contributed by atoms with Crippen LogP contribution in [0.3, 0.4) is 0 Å². The van der Waals surface area contributed by atoms with Crippen molar-refractivity contribution in [2.24, 2.45) is 11.5 Å². The Morgan fingerprint density at radius 1 is 1.06 bits per heavy atom. The van der Waals surface area contributed by atoms with Gasteiger partial charge in [-0.15, -0.1) is 0 Å². The molecule has 0 saturated carbocycles. The molecule has 0 atom stereocenters. The molecule has 0 aliphatic rings. The van der Waals surface area contributed by atoms with Crippen molar-refractivity contribution in [1.82, 2.24) is 0 Å². The number of hydrogen-bond acceptors (Lipinski definition) is 4. The van der Waals surface area contributed by atoms with Crippen LogP contribution >= 0.6 is 0 Å². The van der Waals surface area contributed by atoms with Crippen molar-refractivity contribution < 1.29 is 9.53 Å². The maximum Gasteiger partial charge on any atom is 0.152 e. The second kappa shape index (κ2) is 6.33. The number of carbonyl (C=O) groups is 1. The first-order chi connectivity index (χ1) is 7.13. The van der Waals surface area contributed by atoms with Crippen LogP contribution in [0.2, 0.25) is 0 Å². The Kier molecular flexibility index (Phi) is 6.15. The molecule has 0 aliphatic carbocycles. The first kappa shape index (κ1) is 15.6. The third-order valence-electron chi connectivity index (χ3n) is 2.24. The molecule has 0 aromatic carbocycles. The van der Waals surface area contributed by atoms with Crippen molar-refractivity contribution in [2.75, 3.05) is 6.61 Å². The average molecular weight is 230 g/mol. The van der Waals surface area contributed by atoms with E-state index in [0.717, 1.165) is 19.3 Å². The lowest BCUT2D eigenvalue weighted by Crippen LogP contribution is -2.41. The monoisotopic (exact) mass is 230 g/mol. The lowest BCUT2D eigenvalue weighted by Gasteiger charge is -2.19. The van der Waals surface area contributed by atoms with Gasteiger partial charge in [-0.3, -0.25) is 4.79 Å². The van der Waals surface area contributed by atoms with Gasteiger partial charge < -0.3 is 16.2 Å². The summed E-state index contributed by atoms with van der Waals surface area (Å²) in [5, 5.41) is 0. The zero-order valence-corrected chi connectivity index (χ0v) is 11.0. The highest BCUT2D eigenvalue weighted by molar-refractivity contribution is 5.87. The molecule has 0 bridgehead atoms. The highest BCUT2D eigenvalue weighted by Gasteiger charge is 2.20. The van der Waals surface area contributed by atoms with Gasteiger partial charge in [0, 0.05) is 13.0 Å². The van der Waals surface area contributed by atoms with Gasteiger partial charge in [0.15, 0.2) is 5.78 Å². The first-order valence-electron chi connectivity index (χ1n) is 5.88. The van der Waals surface area contributed by atoms with Gasteiger partial charge in [0.1, 0.15) is 5.72 Å². The number of carbonyl (C=O) groups excluding carboxylic acids is 1. The van der Waals surface area contributed by atoms with Gasteiger partial charge in [-0.1, -0.05) is 6.42 Å². The minimum atomic E-state index is -0.699. The Balaban J connectivity index is 3.45. The van der Waals surface area contributed by atoms with Crippen LogP contribution in [0.15, 0.2) is 0 Å². The summed E-state index contributed by atoms with van der Waals surface area (Å²) < 4.78 is 5.37. The van der Waals surface area contributed by atoms with E-state index in [-0.39, 0.29) is 5.78 Å². The molecule has 4 N–H and O–H groups in total. The molecule has 0 radical (unpaired) electrons. The van der Waals surface area contributed by atoms with Gasteiger partial charge in [0.05, 0.1) is 5.54 Å². The fraction of sp³-hybridized carbons (Fsp3) is 0.917. The van der Waals surface area contributed by atoms with E-state index in [1.54, 1.807) is 13.8 Å². The molecule has 4 nitrogen and oxygen atoms in total. The molecular weight excluding hydrogens is 204 g/mol. The molecule has 0 unspecified atom stereocenters. The normalized spacial score (nSPS) is 12.9. The zero-order chi connectivity index (χ0) is 12.8. The molecule has 0 fully saturated rings. The van der Waals surface area contributed by atoms with Crippen LogP contribution in [0.5, 0.6) is 0 Å². The van der Waals surface area contributed by atoms with E-state index < -0.39 is 11.3 Å². The van der Waals surface area contributed by atoms with Gasteiger partial charge in [0.25, 0.3) is 0 Å². The summed E-state index contributed by atoms with van der Waals surface area (Å²) in [4.78, 5) is 11.5. The largest absolute Gasteiger partial charge is 0.361 e. The van der Waals surface area contributed by atoms with E-state index in [4.69, 9.17) is 16.2 Å². The maximum atomic E-state index is 11.5. The summed E-state index contributed by atoms with van der Waals surface area (Å²) in [7, 11) is 0. The number of nitrogens with two attached hydrogens (primary N) is 2. The minimum absolute atomic E-state index is 0.118. The molecule has 0 aliphatic heterocycles. The SMILES string of the molecule is CC(C)(N)OCCCCCC(=O)C(C)(C)N. The number of Topliss-reactive ketones (excluding diaryl/α,β-unsaturated/α-hetero) is 1. The molecule has 0 aromatic rings. The van der Waals surface area contributed by atoms with E-state index in [0.29, 0.717) is 13.0 Å². The number of unbranched alkanes of at least 4 members (excludes halogenated alkanes) is 2. The predicted molar refractivity (Wildman–Crippen MR) is 66.0 cm³/mol. The molecule has 0 heterocycles. The third kappa shape index (κ3) is 8.83.